The molecule has 1 unspecified atom stereocenters. The molecule has 1 amide bonds. The highest BCUT2D eigenvalue weighted by atomic mass is 16.3. The Morgan fingerprint density at radius 1 is 1.53 bits per heavy atom. The van der Waals surface area contributed by atoms with Crippen LogP contribution in [0.2, 0.25) is 0 Å². The second-order valence-electron chi connectivity index (χ2n) is 4.21. The molecule has 0 spiro atoms. The van der Waals surface area contributed by atoms with Crippen LogP contribution >= 0.6 is 0 Å². The van der Waals surface area contributed by atoms with Gasteiger partial charge in [0.15, 0.2) is 0 Å². The molecule has 1 heterocycles. The maximum Gasteiger partial charge on any atom is 0.269 e. The van der Waals surface area contributed by atoms with Crippen molar-refractivity contribution in [1.29, 1.82) is 0 Å². The Bertz CT molecular complexity index is 428. The molecule has 0 radical (unpaired) electrons. The van der Waals surface area contributed by atoms with Crippen LogP contribution < -0.4 is 10.9 Å². The zero-order valence-electron chi connectivity index (χ0n) is 9.93. The number of hydrogen-bond donors (Lipinski definition) is 3. The molecule has 1 atom stereocenters. The van der Waals surface area contributed by atoms with Crippen LogP contribution in [-0.2, 0) is 0 Å². The van der Waals surface area contributed by atoms with Crippen LogP contribution in [-0.4, -0.2) is 34.1 Å². The molecule has 0 bridgehead atoms. The van der Waals surface area contributed by atoms with Gasteiger partial charge in [-0.2, -0.15) is 0 Å². The van der Waals surface area contributed by atoms with Crippen LogP contribution in [0, 0.1) is 11.8 Å². The predicted molar refractivity (Wildman–Crippen MR) is 62.6 cm³/mol. The standard InChI is InChI=1S/C11H17N3O3/c1-7(2)8(6-15)3-13-11(17)9-4-12-5-10(16)14-9/h4-5,7-8,15H,3,6H2,1-2H3,(H,13,17)(H,14,16). The number of nitrogens with one attached hydrogen (secondary N) is 2. The summed E-state index contributed by atoms with van der Waals surface area (Å²) in [5, 5.41) is 11.8. The van der Waals surface area contributed by atoms with Crippen molar-refractivity contribution in [3.63, 3.8) is 0 Å². The third kappa shape index (κ3) is 3.99. The molecule has 0 aliphatic heterocycles. The maximum atomic E-state index is 11.6. The summed E-state index contributed by atoms with van der Waals surface area (Å²) in [7, 11) is 0. The Labute approximate surface area is 99.1 Å². The van der Waals surface area contributed by atoms with Crippen molar-refractivity contribution in [2.45, 2.75) is 13.8 Å². The molecule has 1 aromatic rings. The fraction of sp³-hybridized carbons (Fsp3) is 0.545. The molecule has 0 aliphatic rings. The topological polar surface area (TPSA) is 95.1 Å². The molecule has 0 aliphatic carbocycles. The molecule has 17 heavy (non-hydrogen) atoms. The van der Waals surface area contributed by atoms with Gasteiger partial charge in [-0.25, -0.2) is 0 Å². The Hall–Kier alpha value is -1.69. The van der Waals surface area contributed by atoms with Gasteiger partial charge in [0.2, 0.25) is 0 Å². The Kier molecular flexibility index (Phi) is 4.84. The number of aromatic nitrogens is 2. The number of aliphatic hydroxyl groups is 1. The summed E-state index contributed by atoms with van der Waals surface area (Å²) in [5.74, 6) is -0.120. The van der Waals surface area contributed by atoms with Gasteiger partial charge in [0.05, 0.1) is 12.4 Å². The first kappa shape index (κ1) is 13.4. The first-order valence-corrected chi connectivity index (χ1v) is 5.48. The van der Waals surface area contributed by atoms with E-state index in [4.69, 9.17) is 5.11 Å². The molecule has 6 heteroatoms. The lowest BCUT2D eigenvalue weighted by Crippen LogP contribution is -2.34. The summed E-state index contributed by atoms with van der Waals surface area (Å²) in [5.41, 5.74) is -0.293. The number of nitrogens with zero attached hydrogens (tertiary/aromatic N) is 1. The summed E-state index contributed by atoms with van der Waals surface area (Å²) in [6, 6.07) is 0. The molecule has 0 fully saturated rings. The molecular weight excluding hydrogens is 222 g/mol. The van der Waals surface area contributed by atoms with Gasteiger partial charge in [-0.3, -0.25) is 14.6 Å². The largest absolute Gasteiger partial charge is 0.396 e. The molecule has 3 N–H and O–H groups in total. The van der Waals surface area contributed by atoms with Crippen molar-refractivity contribution >= 4 is 5.91 Å². The number of carbonyl (C=O) groups excluding carboxylic acids is 1. The fourth-order valence-corrected chi connectivity index (χ4v) is 1.32. The summed E-state index contributed by atoms with van der Waals surface area (Å²) in [6.45, 7) is 4.32. The van der Waals surface area contributed by atoms with E-state index in [-0.39, 0.29) is 24.1 Å². The van der Waals surface area contributed by atoms with Gasteiger partial charge in [0.25, 0.3) is 11.5 Å². The smallest absolute Gasteiger partial charge is 0.269 e. The van der Waals surface area contributed by atoms with Crippen molar-refractivity contribution in [3.05, 3.63) is 28.4 Å². The highest BCUT2D eigenvalue weighted by molar-refractivity contribution is 5.91. The average Bonchev–Trinajstić information content (AvgIpc) is 2.29. The number of aromatic amines is 1. The van der Waals surface area contributed by atoms with E-state index in [1.165, 1.54) is 6.20 Å². The first-order chi connectivity index (χ1) is 8.04. The Morgan fingerprint density at radius 3 is 2.76 bits per heavy atom. The van der Waals surface area contributed by atoms with E-state index < -0.39 is 11.5 Å². The minimum absolute atomic E-state index is 0.00217. The van der Waals surface area contributed by atoms with Crippen LogP contribution in [0.15, 0.2) is 17.2 Å². The van der Waals surface area contributed by atoms with E-state index >= 15 is 0 Å². The van der Waals surface area contributed by atoms with Crippen LogP contribution in [0.25, 0.3) is 0 Å². The van der Waals surface area contributed by atoms with Gasteiger partial charge in [0.1, 0.15) is 5.69 Å². The van der Waals surface area contributed by atoms with Crippen molar-refractivity contribution in [1.82, 2.24) is 15.3 Å². The van der Waals surface area contributed by atoms with Gasteiger partial charge >= 0.3 is 0 Å². The summed E-state index contributed by atoms with van der Waals surface area (Å²) >= 11 is 0. The number of aliphatic hydroxyl groups excluding tert-OH is 1. The molecule has 6 nitrogen and oxygen atoms in total. The molecule has 1 aromatic heterocycles. The van der Waals surface area contributed by atoms with Crippen molar-refractivity contribution in [2.75, 3.05) is 13.2 Å². The van der Waals surface area contributed by atoms with Gasteiger partial charge in [-0.05, 0) is 5.92 Å². The van der Waals surface area contributed by atoms with Crippen LogP contribution in [0.5, 0.6) is 0 Å². The van der Waals surface area contributed by atoms with E-state index in [9.17, 15) is 9.59 Å². The fourth-order valence-electron chi connectivity index (χ4n) is 1.32. The number of hydrogen-bond acceptors (Lipinski definition) is 4. The van der Waals surface area contributed by atoms with E-state index in [0.29, 0.717) is 6.54 Å². The zero-order chi connectivity index (χ0) is 12.8. The molecule has 1 rings (SSSR count). The second kappa shape index (κ2) is 6.15. The van der Waals surface area contributed by atoms with E-state index in [1.54, 1.807) is 0 Å². The number of H-pyrrole nitrogens is 1. The predicted octanol–water partition coefficient (Wildman–Crippen LogP) is -0.236. The molecular formula is C11H17N3O3. The van der Waals surface area contributed by atoms with Crippen LogP contribution in [0.1, 0.15) is 24.3 Å². The van der Waals surface area contributed by atoms with E-state index in [1.807, 2.05) is 13.8 Å². The highest BCUT2D eigenvalue weighted by Gasteiger charge is 2.14. The van der Waals surface area contributed by atoms with Gasteiger partial charge < -0.3 is 15.4 Å². The Morgan fingerprint density at radius 2 is 2.24 bits per heavy atom. The zero-order valence-corrected chi connectivity index (χ0v) is 9.93. The first-order valence-electron chi connectivity index (χ1n) is 5.48. The van der Waals surface area contributed by atoms with Gasteiger partial charge in [0, 0.05) is 19.1 Å². The van der Waals surface area contributed by atoms with Gasteiger partial charge in [-0.1, -0.05) is 13.8 Å². The SMILES string of the molecule is CC(C)C(CO)CNC(=O)c1cncc(=O)[nH]1. The maximum absolute atomic E-state index is 11.6. The lowest BCUT2D eigenvalue weighted by atomic mass is 9.97. The van der Waals surface area contributed by atoms with Crippen LogP contribution in [0.4, 0.5) is 0 Å². The van der Waals surface area contributed by atoms with Crippen molar-refractivity contribution in [2.24, 2.45) is 11.8 Å². The quantitative estimate of drug-likeness (QED) is 0.661. The third-order valence-electron chi connectivity index (χ3n) is 2.60. The molecule has 94 valence electrons. The number of amides is 1. The van der Waals surface area contributed by atoms with E-state index in [0.717, 1.165) is 6.20 Å². The average molecular weight is 239 g/mol. The van der Waals surface area contributed by atoms with Crippen molar-refractivity contribution in [3.8, 4) is 0 Å². The summed E-state index contributed by atoms with van der Waals surface area (Å²) in [4.78, 5) is 28.6. The summed E-state index contributed by atoms with van der Waals surface area (Å²) in [6.07, 6.45) is 2.39. The second-order valence-corrected chi connectivity index (χ2v) is 4.21. The van der Waals surface area contributed by atoms with Crippen molar-refractivity contribution < 1.29 is 9.90 Å². The highest BCUT2D eigenvalue weighted by Crippen LogP contribution is 2.08. The van der Waals surface area contributed by atoms with Gasteiger partial charge in [-0.15, -0.1) is 0 Å². The molecule has 0 saturated heterocycles. The normalized spacial score (nSPS) is 12.5. The monoisotopic (exact) mass is 239 g/mol. The lowest BCUT2D eigenvalue weighted by molar-refractivity contribution is 0.0925. The molecule has 0 aromatic carbocycles. The number of rotatable bonds is 5. The third-order valence-corrected chi connectivity index (χ3v) is 2.60. The van der Waals surface area contributed by atoms with E-state index in [2.05, 4.69) is 15.3 Å². The summed E-state index contributed by atoms with van der Waals surface area (Å²) < 4.78 is 0. The minimum atomic E-state index is -0.416. The Balaban J connectivity index is 2.58. The minimum Gasteiger partial charge on any atom is -0.396 e. The lowest BCUT2D eigenvalue weighted by Gasteiger charge is -2.18. The van der Waals surface area contributed by atoms with Crippen LogP contribution in [0.3, 0.4) is 0 Å². The molecule has 0 saturated carbocycles. The number of carbonyl (C=O) groups is 1.